The van der Waals surface area contributed by atoms with Crippen LogP contribution < -0.4 is 5.56 Å². The molecule has 23 heavy (non-hydrogen) atoms. The Labute approximate surface area is 134 Å². The molecule has 0 aliphatic rings. The Morgan fingerprint density at radius 1 is 0.913 bits per heavy atom. The first-order valence-electron chi connectivity index (χ1n) is 8.25. The van der Waals surface area contributed by atoms with Gasteiger partial charge < -0.3 is 4.98 Å². The number of aromatic amines is 1. The molecule has 1 heterocycles. The lowest BCUT2D eigenvalue weighted by Gasteiger charge is -2.12. The summed E-state index contributed by atoms with van der Waals surface area (Å²) in [7, 11) is 0. The summed E-state index contributed by atoms with van der Waals surface area (Å²) in [4.78, 5) is 15.6. The zero-order chi connectivity index (χ0) is 15.8. The second-order valence-corrected chi connectivity index (χ2v) is 6.11. The number of fused-ring (bicyclic) bond motifs is 5. The Morgan fingerprint density at radius 3 is 2.39 bits per heavy atom. The molecule has 0 bridgehead atoms. The minimum absolute atomic E-state index is 0.00843. The minimum Gasteiger partial charge on any atom is -0.321 e. The number of unbranched alkanes of at least 4 members (excludes halogenated alkanes) is 1. The molecule has 0 aliphatic carbocycles. The maximum atomic E-state index is 12.5. The predicted molar refractivity (Wildman–Crippen MR) is 98.2 cm³/mol. The van der Waals surface area contributed by atoms with Crippen molar-refractivity contribution in [2.75, 3.05) is 0 Å². The van der Waals surface area contributed by atoms with Crippen molar-refractivity contribution in [3.8, 4) is 0 Å². The van der Waals surface area contributed by atoms with E-state index in [1.54, 1.807) is 0 Å². The summed E-state index contributed by atoms with van der Waals surface area (Å²) in [5.74, 6) is 0. The van der Waals surface area contributed by atoms with Gasteiger partial charge >= 0.3 is 0 Å². The van der Waals surface area contributed by atoms with Crippen LogP contribution in [0.1, 0.15) is 25.3 Å². The first-order valence-corrected chi connectivity index (χ1v) is 8.25. The van der Waals surface area contributed by atoms with Gasteiger partial charge in [-0.05, 0) is 35.2 Å². The quantitative estimate of drug-likeness (QED) is 0.520. The molecule has 0 atom stereocenters. The van der Waals surface area contributed by atoms with E-state index in [0.29, 0.717) is 0 Å². The van der Waals surface area contributed by atoms with Crippen LogP contribution in [0.5, 0.6) is 0 Å². The van der Waals surface area contributed by atoms with Crippen LogP contribution in [0.2, 0.25) is 0 Å². The van der Waals surface area contributed by atoms with E-state index in [-0.39, 0.29) is 5.56 Å². The molecule has 0 saturated heterocycles. The molecule has 0 amide bonds. The van der Waals surface area contributed by atoms with Gasteiger partial charge in [0.15, 0.2) is 0 Å². The van der Waals surface area contributed by atoms with Crippen LogP contribution >= 0.6 is 0 Å². The van der Waals surface area contributed by atoms with Crippen molar-refractivity contribution in [1.82, 2.24) is 4.98 Å². The van der Waals surface area contributed by atoms with Crippen molar-refractivity contribution in [2.45, 2.75) is 26.2 Å². The van der Waals surface area contributed by atoms with Gasteiger partial charge in [-0.15, -0.1) is 0 Å². The lowest BCUT2D eigenvalue weighted by atomic mass is 9.94. The van der Waals surface area contributed by atoms with Gasteiger partial charge in [0, 0.05) is 16.2 Å². The van der Waals surface area contributed by atoms with Crippen molar-refractivity contribution in [3.63, 3.8) is 0 Å². The molecule has 114 valence electrons. The molecular weight excluding hydrogens is 282 g/mol. The van der Waals surface area contributed by atoms with Crippen molar-refractivity contribution in [2.24, 2.45) is 0 Å². The summed E-state index contributed by atoms with van der Waals surface area (Å²) >= 11 is 0. The van der Waals surface area contributed by atoms with Gasteiger partial charge in [0.1, 0.15) is 0 Å². The largest absolute Gasteiger partial charge is 0.321 e. The third-order valence-electron chi connectivity index (χ3n) is 4.61. The molecule has 0 fully saturated rings. The Kier molecular flexibility index (Phi) is 3.38. The van der Waals surface area contributed by atoms with Gasteiger partial charge in [-0.3, -0.25) is 4.79 Å². The topological polar surface area (TPSA) is 32.9 Å². The fourth-order valence-electron chi connectivity index (χ4n) is 3.49. The van der Waals surface area contributed by atoms with Crippen molar-refractivity contribution >= 4 is 32.4 Å². The van der Waals surface area contributed by atoms with Crippen LogP contribution in [-0.2, 0) is 6.42 Å². The molecule has 4 aromatic rings. The molecule has 3 aromatic carbocycles. The molecule has 0 spiro atoms. The summed E-state index contributed by atoms with van der Waals surface area (Å²) in [6.45, 7) is 2.21. The maximum absolute atomic E-state index is 12.5. The molecule has 1 N–H and O–H groups in total. The Hall–Kier alpha value is -2.61. The smallest absolute Gasteiger partial charge is 0.256 e. The van der Waals surface area contributed by atoms with Crippen LogP contribution in [0.4, 0.5) is 0 Å². The van der Waals surface area contributed by atoms with E-state index in [0.717, 1.165) is 40.9 Å². The van der Waals surface area contributed by atoms with Crippen LogP contribution in [0, 0.1) is 0 Å². The van der Waals surface area contributed by atoms with E-state index >= 15 is 0 Å². The van der Waals surface area contributed by atoms with E-state index < -0.39 is 0 Å². The molecular formula is C21H19NO. The normalized spacial score (nSPS) is 11.5. The maximum Gasteiger partial charge on any atom is 0.256 e. The van der Waals surface area contributed by atoms with Crippen molar-refractivity contribution in [1.29, 1.82) is 0 Å². The Bertz CT molecular complexity index is 1080. The van der Waals surface area contributed by atoms with Gasteiger partial charge in [-0.25, -0.2) is 0 Å². The molecule has 0 radical (unpaired) electrons. The van der Waals surface area contributed by atoms with Gasteiger partial charge in [0.05, 0.1) is 5.52 Å². The second-order valence-electron chi connectivity index (χ2n) is 6.11. The number of pyridine rings is 1. The zero-order valence-electron chi connectivity index (χ0n) is 13.2. The molecule has 4 rings (SSSR count). The Morgan fingerprint density at radius 2 is 1.61 bits per heavy atom. The third-order valence-corrected chi connectivity index (χ3v) is 4.61. The lowest BCUT2D eigenvalue weighted by Crippen LogP contribution is -2.07. The number of aryl methyl sites for hydroxylation is 1. The summed E-state index contributed by atoms with van der Waals surface area (Å²) in [5.41, 5.74) is 2.29. The highest BCUT2D eigenvalue weighted by Gasteiger charge is 2.12. The van der Waals surface area contributed by atoms with Crippen molar-refractivity contribution < 1.29 is 0 Å². The van der Waals surface area contributed by atoms with Crippen molar-refractivity contribution in [3.05, 3.63) is 70.5 Å². The number of aromatic nitrogens is 1. The highest BCUT2D eigenvalue weighted by molar-refractivity contribution is 6.16. The number of nitrogens with one attached hydrogen (secondary N) is 1. The van der Waals surface area contributed by atoms with Gasteiger partial charge in [0.25, 0.3) is 5.56 Å². The molecule has 1 aromatic heterocycles. The van der Waals surface area contributed by atoms with Gasteiger partial charge in [-0.1, -0.05) is 61.9 Å². The van der Waals surface area contributed by atoms with Gasteiger partial charge in [0.2, 0.25) is 0 Å². The molecule has 0 saturated carbocycles. The van der Waals surface area contributed by atoms with E-state index in [9.17, 15) is 4.79 Å². The highest BCUT2D eigenvalue weighted by atomic mass is 16.1. The molecule has 0 unspecified atom stereocenters. The molecule has 2 heteroatoms. The van der Waals surface area contributed by atoms with E-state index in [1.807, 2.05) is 24.3 Å². The number of hydrogen-bond acceptors (Lipinski definition) is 1. The number of hydrogen-bond donors (Lipinski definition) is 1. The van der Waals surface area contributed by atoms with Crippen LogP contribution in [0.3, 0.4) is 0 Å². The third kappa shape index (κ3) is 2.22. The molecule has 0 aliphatic heterocycles. The van der Waals surface area contributed by atoms with E-state index in [1.165, 1.54) is 16.3 Å². The van der Waals surface area contributed by atoms with Gasteiger partial charge in [-0.2, -0.15) is 0 Å². The average molecular weight is 301 g/mol. The summed E-state index contributed by atoms with van der Waals surface area (Å²) in [5, 5.41) is 5.34. The fraction of sp³-hybridized carbons (Fsp3) is 0.190. The van der Waals surface area contributed by atoms with Crippen LogP contribution in [0.15, 0.2) is 59.4 Å². The van der Waals surface area contributed by atoms with Crippen LogP contribution in [0.25, 0.3) is 32.4 Å². The SMILES string of the molecule is CCCCc1cc2ccccc2c2[nH]c(=O)c3ccccc3c12. The standard InChI is InChI=1S/C21H19NO/c1-2-3-8-15-13-14-9-4-5-10-16(14)20-19(15)17-11-6-7-12-18(17)21(23)22-20/h4-7,9-13H,2-3,8H2,1H3,(H,22,23). The highest BCUT2D eigenvalue weighted by Crippen LogP contribution is 2.32. The summed E-state index contributed by atoms with van der Waals surface area (Å²) in [6, 6.07) is 18.5. The van der Waals surface area contributed by atoms with E-state index in [4.69, 9.17) is 0 Å². The predicted octanol–water partition coefficient (Wildman–Crippen LogP) is 5.18. The van der Waals surface area contributed by atoms with E-state index in [2.05, 4.69) is 42.2 Å². The summed E-state index contributed by atoms with van der Waals surface area (Å²) < 4.78 is 0. The fourth-order valence-corrected chi connectivity index (χ4v) is 3.49. The first kappa shape index (κ1) is 14.0. The molecule has 2 nitrogen and oxygen atoms in total. The number of rotatable bonds is 3. The average Bonchev–Trinajstić information content (AvgIpc) is 2.60. The number of H-pyrrole nitrogens is 1. The second kappa shape index (κ2) is 5.54. The first-order chi connectivity index (χ1) is 11.3. The zero-order valence-corrected chi connectivity index (χ0v) is 13.2. The monoisotopic (exact) mass is 301 g/mol. The van der Waals surface area contributed by atoms with Crippen LogP contribution in [-0.4, -0.2) is 4.98 Å². The lowest BCUT2D eigenvalue weighted by molar-refractivity contribution is 0.800. The summed E-state index contributed by atoms with van der Waals surface area (Å²) in [6.07, 6.45) is 3.35. The Balaban J connectivity index is 2.24. The minimum atomic E-state index is -0.00843. The number of benzene rings is 3.